The average molecular weight is 497 g/mol. The fraction of sp³-hybridized carbons (Fsp3) is 0.318. The number of nitrogens with one attached hydrogen (secondary N) is 1. The summed E-state index contributed by atoms with van der Waals surface area (Å²) in [4.78, 5) is 25.9. The van der Waals surface area contributed by atoms with E-state index in [1.54, 1.807) is 25.3 Å². The maximum absolute atomic E-state index is 12.7. The summed E-state index contributed by atoms with van der Waals surface area (Å²) >= 11 is 12.9. The van der Waals surface area contributed by atoms with E-state index in [-0.39, 0.29) is 34.3 Å². The quantitative estimate of drug-likeness (QED) is 0.165. The number of alkyl halides is 1. The summed E-state index contributed by atoms with van der Waals surface area (Å²) in [6.45, 7) is 3.16. The number of nitro benzene ring substituents is 1. The van der Waals surface area contributed by atoms with E-state index < -0.39 is 33.6 Å². The topological polar surface area (TPSA) is 135 Å². The van der Waals surface area contributed by atoms with Gasteiger partial charge in [-0.05, 0) is 44.2 Å². The summed E-state index contributed by atoms with van der Waals surface area (Å²) in [5.41, 5.74) is -1.60. The molecule has 11 heteroatoms. The molecule has 0 aliphatic heterocycles. The van der Waals surface area contributed by atoms with Crippen LogP contribution in [-0.4, -0.2) is 43.9 Å². The van der Waals surface area contributed by atoms with E-state index in [2.05, 4.69) is 4.98 Å². The molecule has 3 N–H and O–H groups in total. The van der Waals surface area contributed by atoms with Crippen molar-refractivity contribution in [1.29, 1.82) is 0 Å². The molecule has 0 spiro atoms. The molecule has 1 aromatic heterocycles. The Bertz CT molecular complexity index is 1080. The van der Waals surface area contributed by atoms with Crippen LogP contribution in [0.1, 0.15) is 25.6 Å². The predicted octanol–water partition coefficient (Wildman–Crippen LogP) is 3.96. The fourth-order valence-electron chi connectivity index (χ4n) is 3.45. The van der Waals surface area contributed by atoms with Gasteiger partial charge in [0.05, 0.1) is 22.6 Å². The number of halogens is 2. The van der Waals surface area contributed by atoms with E-state index in [1.807, 2.05) is 0 Å². The molecule has 3 rings (SSSR count). The minimum absolute atomic E-state index is 0.0770. The second-order valence-corrected chi connectivity index (χ2v) is 8.37. The molecule has 1 aliphatic carbocycles. The molecular formula is C22H22Cl2N2O7. The lowest BCUT2D eigenvalue weighted by Gasteiger charge is -2.41. The number of aliphatic hydroxyl groups is 2. The molecular weight excluding hydrogens is 475 g/mol. The van der Waals surface area contributed by atoms with Crippen molar-refractivity contribution in [2.24, 2.45) is 5.41 Å². The molecule has 9 nitrogen and oxygen atoms in total. The average Bonchev–Trinajstić information content (AvgIpc) is 3.30. The Morgan fingerprint density at radius 1 is 1.30 bits per heavy atom. The molecule has 0 saturated heterocycles. The van der Waals surface area contributed by atoms with Crippen LogP contribution in [0.15, 0.2) is 65.4 Å². The number of rotatable bonds is 8. The Morgan fingerprint density at radius 2 is 1.97 bits per heavy atom. The number of ether oxygens (including phenoxy) is 2. The number of nitro groups is 1. The number of H-pyrrole nitrogens is 1. The van der Waals surface area contributed by atoms with Crippen LogP contribution in [0.5, 0.6) is 5.75 Å². The summed E-state index contributed by atoms with van der Waals surface area (Å²) in [6.07, 6.45) is 2.78. The SMILES string of the molecule is CCOC(=O)C1(C)C(Cl)=CC=C(C(O)(O)C(Oc2ccc([N+](=O)[O-])cc2)c2ccc[nH]2)C1Cl. The number of hydrogen-bond acceptors (Lipinski definition) is 7. The van der Waals surface area contributed by atoms with E-state index >= 15 is 0 Å². The van der Waals surface area contributed by atoms with Crippen molar-refractivity contribution in [2.75, 3.05) is 6.61 Å². The predicted molar refractivity (Wildman–Crippen MR) is 121 cm³/mol. The van der Waals surface area contributed by atoms with Crippen molar-refractivity contribution in [3.63, 3.8) is 0 Å². The van der Waals surface area contributed by atoms with Gasteiger partial charge in [0, 0.05) is 28.9 Å². The first-order valence-electron chi connectivity index (χ1n) is 9.92. The van der Waals surface area contributed by atoms with Gasteiger partial charge in [-0.1, -0.05) is 17.7 Å². The van der Waals surface area contributed by atoms with Crippen LogP contribution in [0.4, 0.5) is 5.69 Å². The maximum atomic E-state index is 12.7. The van der Waals surface area contributed by atoms with Gasteiger partial charge in [-0.25, -0.2) is 0 Å². The number of benzene rings is 1. The Balaban J connectivity index is 2.01. The van der Waals surface area contributed by atoms with Gasteiger partial charge in [-0.2, -0.15) is 0 Å². The number of carbonyl (C=O) groups is 1. The Labute approximate surface area is 199 Å². The first kappa shape index (κ1) is 24.8. The zero-order valence-electron chi connectivity index (χ0n) is 17.7. The minimum Gasteiger partial charge on any atom is -0.478 e. The van der Waals surface area contributed by atoms with Gasteiger partial charge in [0.15, 0.2) is 6.10 Å². The first-order valence-corrected chi connectivity index (χ1v) is 10.7. The Kier molecular flexibility index (Phi) is 7.18. The summed E-state index contributed by atoms with van der Waals surface area (Å²) in [5, 5.41) is 32.3. The zero-order valence-corrected chi connectivity index (χ0v) is 19.2. The summed E-state index contributed by atoms with van der Waals surface area (Å²) in [7, 11) is 0. The molecule has 176 valence electrons. The molecule has 1 aromatic carbocycles. The summed E-state index contributed by atoms with van der Waals surface area (Å²) in [6, 6.07) is 8.31. The van der Waals surface area contributed by atoms with E-state index in [0.717, 1.165) is 0 Å². The number of non-ortho nitro benzene ring substituents is 1. The lowest BCUT2D eigenvalue weighted by molar-refractivity contribution is -0.384. The van der Waals surface area contributed by atoms with Gasteiger partial charge < -0.3 is 24.7 Å². The molecule has 0 amide bonds. The molecule has 0 saturated carbocycles. The van der Waals surface area contributed by atoms with Gasteiger partial charge in [0.25, 0.3) is 5.69 Å². The highest BCUT2D eigenvalue weighted by Crippen LogP contribution is 2.49. The lowest BCUT2D eigenvalue weighted by Crippen LogP contribution is -2.50. The van der Waals surface area contributed by atoms with Crippen LogP contribution < -0.4 is 4.74 Å². The van der Waals surface area contributed by atoms with E-state index in [1.165, 1.54) is 43.3 Å². The number of allylic oxidation sites excluding steroid dienone is 2. The molecule has 1 aliphatic rings. The molecule has 3 unspecified atom stereocenters. The third-order valence-electron chi connectivity index (χ3n) is 5.38. The van der Waals surface area contributed by atoms with Gasteiger partial charge in [0.1, 0.15) is 11.2 Å². The molecule has 1 heterocycles. The van der Waals surface area contributed by atoms with Gasteiger partial charge in [-0.15, -0.1) is 11.6 Å². The largest absolute Gasteiger partial charge is 0.478 e. The molecule has 0 fully saturated rings. The molecule has 0 radical (unpaired) electrons. The van der Waals surface area contributed by atoms with Crippen LogP contribution in [0.2, 0.25) is 0 Å². The Morgan fingerprint density at radius 3 is 2.52 bits per heavy atom. The highest BCUT2D eigenvalue weighted by molar-refractivity contribution is 6.35. The fourth-order valence-corrected chi connectivity index (χ4v) is 4.19. The lowest BCUT2D eigenvalue weighted by atomic mass is 9.75. The van der Waals surface area contributed by atoms with Crippen molar-refractivity contribution in [3.8, 4) is 5.75 Å². The van der Waals surface area contributed by atoms with Crippen LogP contribution in [-0.2, 0) is 9.53 Å². The first-order chi connectivity index (χ1) is 15.5. The molecule has 0 bridgehead atoms. The molecule has 33 heavy (non-hydrogen) atoms. The van der Waals surface area contributed by atoms with Crippen molar-refractivity contribution in [3.05, 3.63) is 81.2 Å². The van der Waals surface area contributed by atoms with Crippen LogP contribution in [0.3, 0.4) is 0 Å². The van der Waals surface area contributed by atoms with Crippen molar-refractivity contribution in [1.82, 2.24) is 4.98 Å². The molecule has 3 atom stereocenters. The Hall–Kier alpha value is -2.85. The maximum Gasteiger partial charge on any atom is 0.319 e. The van der Waals surface area contributed by atoms with Crippen LogP contribution >= 0.6 is 23.2 Å². The van der Waals surface area contributed by atoms with E-state index in [4.69, 9.17) is 32.7 Å². The van der Waals surface area contributed by atoms with Gasteiger partial charge in [-0.3, -0.25) is 14.9 Å². The summed E-state index contributed by atoms with van der Waals surface area (Å²) < 4.78 is 11.0. The zero-order chi connectivity index (χ0) is 24.4. The van der Waals surface area contributed by atoms with Crippen molar-refractivity contribution in [2.45, 2.75) is 31.1 Å². The second-order valence-electron chi connectivity index (χ2n) is 7.52. The van der Waals surface area contributed by atoms with Gasteiger partial charge in [0.2, 0.25) is 5.79 Å². The van der Waals surface area contributed by atoms with E-state index in [0.29, 0.717) is 0 Å². The number of aromatic nitrogens is 1. The summed E-state index contributed by atoms with van der Waals surface area (Å²) in [5.74, 6) is -3.31. The van der Waals surface area contributed by atoms with Crippen LogP contribution in [0, 0.1) is 15.5 Å². The second kappa shape index (κ2) is 9.56. The smallest absolute Gasteiger partial charge is 0.319 e. The standard InChI is InChI=1S/C22H22Cl2N2O7/c1-3-32-20(27)21(2)17(23)11-10-15(18(21)24)22(28,29)19(16-5-4-12-25-16)33-14-8-6-13(7-9-14)26(30)31/h4-12,18-19,25,28-29H,3H2,1-2H3. The van der Waals surface area contributed by atoms with Crippen molar-refractivity contribution >= 4 is 34.9 Å². The third kappa shape index (κ3) is 4.63. The number of carbonyl (C=O) groups excluding carboxylic acids is 1. The third-order valence-corrected chi connectivity index (χ3v) is 6.57. The normalized spacial score (nSPS) is 21.6. The minimum atomic E-state index is -2.72. The van der Waals surface area contributed by atoms with E-state index in [9.17, 15) is 25.1 Å². The van der Waals surface area contributed by atoms with Crippen molar-refractivity contribution < 1.29 is 29.4 Å². The monoisotopic (exact) mass is 496 g/mol. The number of esters is 1. The van der Waals surface area contributed by atoms with Gasteiger partial charge >= 0.3 is 5.97 Å². The highest BCUT2D eigenvalue weighted by Gasteiger charge is 2.55. The highest BCUT2D eigenvalue weighted by atomic mass is 35.5. The number of hydrogen-bond donors (Lipinski definition) is 3. The van der Waals surface area contributed by atoms with Crippen LogP contribution in [0.25, 0.3) is 0 Å². The number of nitrogens with zero attached hydrogens (tertiary/aromatic N) is 1. The molecule has 2 aromatic rings. The number of aromatic amines is 1.